The number of aromatic nitrogens is 3. The molecule has 0 aliphatic carbocycles. The van der Waals surface area contributed by atoms with E-state index in [1.54, 1.807) is 13.1 Å². The Morgan fingerprint density at radius 2 is 2.50 bits per heavy atom. The smallest absolute Gasteiger partial charge is 0.367 e. The van der Waals surface area contributed by atoms with Gasteiger partial charge in [0.15, 0.2) is 0 Å². The Morgan fingerprint density at radius 3 is 3.21 bits per heavy atom. The molecule has 0 aliphatic heterocycles. The second-order valence-corrected chi connectivity index (χ2v) is 3.43. The molecule has 0 spiro atoms. The molecule has 0 N–H and O–H groups in total. The largest absolute Gasteiger partial charge is 0.461 e. The maximum Gasteiger partial charge on any atom is 0.367 e. The molecule has 72 valence electrons. The average Bonchev–Trinajstić information content (AvgIpc) is 2.61. The van der Waals surface area contributed by atoms with E-state index in [0.29, 0.717) is 22.0 Å². The van der Waals surface area contributed by atoms with Gasteiger partial charge >= 0.3 is 5.97 Å². The van der Waals surface area contributed by atoms with Crippen molar-refractivity contribution < 1.29 is 9.53 Å². The first-order valence-corrected chi connectivity index (χ1v) is 4.86. The van der Waals surface area contributed by atoms with Gasteiger partial charge in [-0.3, -0.25) is 0 Å². The van der Waals surface area contributed by atoms with Crippen molar-refractivity contribution in [2.45, 2.75) is 6.92 Å². The number of thiazole rings is 1. The van der Waals surface area contributed by atoms with Gasteiger partial charge in [-0.25, -0.2) is 19.7 Å². The molecule has 0 radical (unpaired) electrons. The minimum atomic E-state index is -0.407. The van der Waals surface area contributed by atoms with E-state index < -0.39 is 5.97 Å². The van der Waals surface area contributed by atoms with Crippen LogP contribution in [0, 0.1) is 0 Å². The Balaban J connectivity index is 2.40. The molecule has 0 unspecified atom stereocenters. The topological polar surface area (TPSA) is 65.0 Å². The Kier molecular flexibility index (Phi) is 2.36. The standard InChI is InChI=1S/C8H7N3O2S/c1-2-13-8(12)7-11-5-3-9-4-10-6(5)14-7/h3-4H,2H2,1H3. The fourth-order valence-electron chi connectivity index (χ4n) is 0.970. The summed E-state index contributed by atoms with van der Waals surface area (Å²) in [7, 11) is 0. The molecule has 0 fully saturated rings. The van der Waals surface area contributed by atoms with Crippen LogP contribution in [-0.4, -0.2) is 27.5 Å². The van der Waals surface area contributed by atoms with Crippen molar-refractivity contribution in [3.05, 3.63) is 17.5 Å². The van der Waals surface area contributed by atoms with Gasteiger partial charge in [-0.1, -0.05) is 11.3 Å². The van der Waals surface area contributed by atoms with Crippen LogP contribution in [-0.2, 0) is 4.74 Å². The average molecular weight is 209 g/mol. The van der Waals surface area contributed by atoms with Gasteiger partial charge in [-0.2, -0.15) is 0 Å². The van der Waals surface area contributed by atoms with E-state index in [2.05, 4.69) is 15.0 Å². The highest BCUT2D eigenvalue weighted by Gasteiger charge is 2.13. The van der Waals surface area contributed by atoms with Gasteiger partial charge < -0.3 is 4.74 Å². The highest BCUT2D eigenvalue weighted by atomic mass is 32.1. The van der Waals surface area contributed by atoms with Gasteiger partial charge in [0.05, 0.1) is 12.8 Å². The van der Waals surface area contributed by atoms with Crippen molar-refractivity contribution in [3.63, 3.8) is 0 Å². The normalized spacial score (nSPS) is 10.4. The Morgan fingerprint density at radius 1 is 1.64 bits per heavy atom. The first-order valence-electron chi connectivity index (χ1n) is 4.05. The van der Waals surface area contributed by atoms with E-state index >= 15 is 0 Å². The molecule has 0 aliphatic rings. The maximum absolute atomic E-state index is 11.3. The SMILES string of the molecule is CCOC(=O)c1nc2cncnc2s1. The molecule has 0 saturated heterocycles. The summed E-state index contributed by atoms with van der Waals surface area (Å²) in [5.74, 6) is -0.407. The molecule has 2 aromatic heterocycles. The lowest BCUT2D eigenvalue weighted by molar-refractivity contribution is 0.0526. The van der Waals surface area contributed by atoms with E-state index in [1.807, 2.05) is 0 Å². The molecule has 0 aromatic carbocycles. The third-order valence-corrected chi connectivity index (χ3v) is 2.48. The highest BCUT2D eigenvalue weighted by molar-refractivity contribution is 7.19. The van der Waals surface area contributed by atoms with Gasteiger partial charge in [-0.15, -0.1) is 0 Å². The number of hydrogen-bond donors (Lipinski definition) is 0. The molecule has 14 heavy (non-hydrogen) atoms. The number of rotatable bonds is 2. The number of hydrogen-bond acceptors (Lipinski definition) is 6. The van der Waals surface area contributed by atoms with Crippen molar-refractivity contribution >= 4 is 27.7 Å². The van der Waals surface area contributed by atoms with Crippen LogP contribution in [0.4, 0.5) is 0 Å². The second-order valence-electron chi connectivity index (χ2n) is 2.45. The quantitative estimate of drug-likeness (QED) is 0.697. The summed E-state index contributed by atoms with van der Waals surface area (Å²) in [4.78, 5) is 23.8. The lowest BCUT2D eigenvalue weighted by Gasteiger charge is -1.94. The van der Waals surface area contributed by atoms with Crippen LogP contribution in [0.2, 0.25) is 0 Å². The third kappa shape index (κ3) is 1.56. The number of carbonyl (C=O) groups is 1. The molecule has 2 rings (SSSR count). The molecule has 6 heteroatoms. The first kappa shape index (κ1) is 9.01. The fraction of sp³-hybridized carbons (Fsp3) is 0.250. The fourth-order valence-corrected chi connectivity index (χ4v) is 1.74. The first-order chi connectivity index (χ1) is 6.81. The minimum Gasteiger partial charge on any atom is -0.461 e. The van der Waals surface area contributed by atoms with Crippen molar-refractivity contribution in [2.75, 3.05) is 6.61 Å². The Hall–Kier alpha value is -1.56. The van der Waals surface area contributed by atoms with Gasteiger partial charge in [0.1, 0.15) is 16.7 Å². The molecule has 2 heterocycles. The summed E-state index contributed by atoms with van der Waals surface area (Å²) in [6.07, 6.45) is 3.00. The number of ether oxygens (including phenoxy) is 1. The minimum absolute atomic E-state index is 0.322. The zero-order chi connectivity index (χ0) is 9.97. The summed E-state index contributed by atoms with van der Waals surface area (Å²) in [5.41, 5.74) is 0.626. The zero-order valence-corrected chi connectivity index (χ0v) is 8.24. The molecule has 5 nitrogen and oxygen atoms in total. The molecule has 0 amide bonds. The van der Waals surface area contributed by atoms with Crippen molar-refractivity contribution in [3.8, 4) is 0 Å². The summed E-state index contributed by atoms with van der Waals surface area (Å²) < 4.78 is 4.82. The van der Waals surface area contributed by atoms with E-state index in [0.717, 1.165) is 0 Å². The zero-order valence-electron chi connectivity index (χ0n) is 7.43. The monoisotopic (exact) mass is 209 g/mol. The lowest BCUT2D eigenvalue weighted by Crippen LogP contribution is -2.03. The predicted octanol–water partition coefficient (Wildman–Crippen LogP) is 1.26. The third-order valence-electron chi connectivity index (χ3n) is 1.52. The van der Waals surface area contributed by atoms with Crippen molar-refractivity contribution in [2.24, 2.45) is 0 Å². The van der Waals surface area contributed by atoms with E-state index in [4.69, 9.17) is 4.74 Å². The van der Waals surface area contributed by atoms with Gasteiger partial charge in [-0.05, 0) is 6.92 Å². The van der Waals surface area contributed by atoms with Crippen LogP contribution in [0.3, 0.4) is 0 Å². The van der Waals surface area contributed by atoms with E-state index in [1.165, 1.54) is 17.7 Å². The van der Waals surface area contributed by atoms with Gasteiger partial charge in [0.2, 0.25) is 5.01 Å². The summed E-state index contributed by atoms with van der Waals surface area (Å²) in [5, 5.41) is 0.322. The maximum atomic E-state index is 11.3. The summed E-state index contributed by atoms with van der Waals surface area (Å²) in [6, 6.07) is 0. The van der Waals surface area contributed by atoms with Crippen molar-refractivity contribution in [1.29, 1.82) is 0 Å². The Labute approximate surface area is 83.8 Å². The van der Waals surface area contributed by atoms with Gasteiger partial charge in [0, 0.05) is 0 Å². The van der Waals surface area contributed by atoms with Crippen LogP contribution in [0.1, 0.15) is 16.7 Å². The number of nitrogens with zero attached hydrogens (tertiary/aromatic N) is 3. The molecular formula is C8H7N3O2S. The molecule has 0 atom stereocenters. The predicted molar refractivity (Wildman–Crippen MR) is 51.2 cm³/mol. The molecule has 2 aromatic rings. The van der Waals surface area contributed by atoms with Crippen LogP contribution in [0.5, 0.6) is 0 Å². The summed E-state index contributed by atoms with van der Waals surface area (Å²) >= 11 is 1.21. The molecular weight excluding hydrogens is 202 g/mol. The molecule has 0 saturated carbocycles. The lowest BCUT2D eigenvalue weighted by atomic mass is 10.6. The highest BCUT2D eigenvalue weighted by Crippen LogP contribution is 2.18. The number of esters is 1. The van der Waals surface area contributed by atoms with Crippen LogP contribution in [0.25, 0.3) is 10.3 Å². The van der Waals surface area contributed by atoms with Crippen LogP contribution >= 0.6 is 11.3 Å². The summed E-state index contributed by atoms with van der Waals surface area (Å²) in [6.45, 7) is 2.10. The van der Waals surface area contributed by atoms with Crippen LogP contribution in [0.15, 0.2) is 12.5 Å². The van der Waals surface area contributed by atoms with E-state index in [-0.39, 0.29) is 0 Å². The van der Waals surface area contributed by atoms with Crippen molar-refractivity contribution in [1.82, 2.24) is 15.0 Å². The molecule has 0 bridgehead atoms. The Bertz CT molecular complexity index is 435. The number of fused-ring (bicyclic) bond motifs is 1. The van der Waals surface area contributed by atoms with Crippen LogP contribution < -0.4 is 0 Å². The van der Waals surface area contributed by atoms with E-state index in [9.17, 15) is 4.79 Å². The number of carbonyl (C=O) groups excluding carboxylic acids is 1. The van der Waals surface area contributed by atoms with Gasteiger partial charge in [0.25, 0.3) is 0 Å². The second kappa shape index (κ2) is 3.67.